The van der Waals surface area contributed by atoms with Crippen molar-refractivity contribution in [2.45, 2.75) is 72.1 Å². The average molecular weight is 244 g/mol. The van der Waals surface area contributed by atoms with Crippen LogP contribution in [0, 0.1) is 5.92 Å². The van der Waals surface area contributed by atoms with E-state index in [0.29, 0.717) is 13.0 Å². The molecule has 0 N–H and O–H groups in total. The van der Waals surface area contributed by atoms with Gasteiger partial charge < -0.3 is 0 Å². The van der Waals surface area contributed by atoms with Gasteiger partial charge in [-0.3, -0.25) is 4.89 Å². The normalized spacial score (nSPS) is 10.8. The van der Waals surface area contributed by atoms with Crippen LogP contribution >= 0.6 is 0 Å². The fraction of sp³-hybridized carbons (Fsp3) is 0.929. The standard InChI is InChI=1S/C14H28O3/c1-4-5-9-12-16-17-14(15)11-8-6-7-10-13(2)3/h13H,4-12H2,1-3H3. The van der Waals surface area contributed by atoms with Crippen LogP contribution in [0.4, 0.5) is 0 Å². The zero-order chi connectivity index (χ0) is 12.9. The Labute approximate surface area is 106 Å². The number of rotatable bonds is 11. The minimum Gasteiger partial charge on any atom is -0.298 e. The fourth-order valence-corrected chi connectivity index (χ4v) is 1.56. The maximum atomic E-state index is 11.2. The monoisotopic (exact) mass is 244 g/mol. The molecule has 0 heterocycles. The average Bonchev–Trinajstić information content (AvgIpc) is 2.28. The molecular weight excluding hydrogens is 216 g/mol. The van der Waals surface area contributed by atoms with Gasteiger partial charge in [-0.15, -0.1) is 0 Å². The molecule has 0 amide bonds. The molecule has 3 nitrogen and oxygen atoms in total. The highest BCUT2D eigenvalue weighted by atomic mass is 17.2. The largest absolute Gasteiger partial charge is 0.342 e. The third kappa shape index (κ3) is 13.4. The van der Waals surface area contributed by atoms with Crippen molar-refractivity contribution in [2.75, 3.05) is 6.61 Å². The quantitative estimate of drug-likeness (QED) is 0.309. The van der Waals surface area contributed by atoms with E-state index in [1.165, 1.54) is 12.8 Å². The van der Waals surface area contributed by atoms with E-state index in [0.717, 1.165) is 38.0 Å². The minimum atomic E-state index is -0.231. The van der Waals surface area contributed by atoms with Crippen LogP contribution in [0.3, 0.4) is 0 Å². The first-order valence-corrected chi connectivity index (χ1v) is 6.99. The molecule has 0 aliphatic carbocycles. The number of carbonyl (C=O) groups is 1. The van der Waals surface area contributed by atoms with Crippen molar-refractivity contribution in [3.05, 3.63) is 0 Å². The lowest BCUT2D eigenvalue weighted by molar-refractivity contribution is -0.272. The van der Waals surface area contributed by atoms with Crippen molar-refractivity contribution >= 4 is 5.97 Å². The summed E-state index contributed by atoms with van der Waals surface area (Å²) in [5.74, 6) is 0.523. The van der Waals surface area contributed by atoms with E-state index in [1.54, 1.807) is 0 Å². The van der Waals surface area contributed by atoms with Crippen LogP contribution in [0.25, 0.3) is 0 Å². The lowest BCUT2D eigenvalue weighted by Crippen LogP contribution is -2.06. The smallest absolute Gasteiger partial charge is 0.298 e. The van der Waals surface area contributed by atoms with Crippen LogP contribution in [0.2, 0.25) is 0 Å². The SMILES string of the molecule is CCCCCOOC(=O)CCCCCC(C)C. The van der Waals surface area contributed by atoms with Crippen LogP contribution in [0.5, 0.6) is 0 Å². The Kier molecular flexibility index (Phi) is 11.5. The topological polar surface area (TPSA) is 35.5 Å². The molecule has 0 rings (SSSR count). The predicted octanol–water partition coefficient (Wildman–Crippen LogP) is 4.26. The first kappa shape index (κ1) is 16.4. The number of unbranched alkanes of at least 4 members (excludes halogenated alkanes) is 4. The summed E-state index contributed by atoms with van der Waals surface area (Å²) in [5, 5.41) is 0. The molecule has 0 spiro atoms. The highest BCUT2D eigenvalue weighted by Gasteiger charge is 2.03. The van der Waals surface area contributed by atoms with Crippen molar-refractivity contribution in [1.82, 2.24) is 0 Å². The highest BCUT2D eigenvalue weighted by molar-refractivity contribution is 5.68. The third-order valence-electron chi connectivity index (χ3n) is 2.65. The van der Waals surface area contributed by atoms with Gasteiger partial charge in [-0.25, -0.2) is 4.79 Å². The summed E-state index contributed by atoms with van der Waals surface area (Å²) >= 11 is 0. The van der Waals surface area contributed by atoms with E-state index < -0.39 is 0 Å². The molecule has 0 aromatic carbocycles. The molecule has 0 bridgehead atoms. The molecule has 0 saturated heterocycles. The molecule has 0 aliphatic heterocycles. The van der Waals surface area contributed by atoms with Crippen molar-refractivity contribution in [3.8, 4) is 0 Å². The van der Waals surface area contributed by atoms with Gasteiger partial charge in [0.2, 0.25) is 0 Å². The second kappa shape index (κ2) is 11.9. The third-order valence-corrected chi connectivity index (χ3v) is 2.65. The molecule has 0 aromatic heterocycles. The Hall–Kier alpha value is -0.570. The first-order chi connectivity index (χ1) is 8.16. The Balaban J connectivity index is 3.18. The second-order valence-corrected chi connectivity index (χ2v) is 4.98. The van der Waals surface area contributed by atoms with Gasteiger partial charge in [-0.2, -0.15) is 4.89 Å². The molecule has 0 atom stereocenters. The van der Waals surface area contributed by atoms with Crippen LogP contribution < -0.4 is 0 Å². The molecule has 17 heavy (non-hydrogen) atoms. The summed E-state index contributed by atoms with van der Waals surface area (Å²) in [6.45, 7) is 7.09. The van der Waals surface area contributed by atoms with Crippen LogP contribution in [-0.4, -0.2) is 12.6 Å². The van der Waals surface area contributed by atoms with Crippen LogP contribution in [0.15, 0.2) is 0 Å². The van der Waals surface area contributed by atoms with Gasteiger partial charge in [-0.05, 0) is 18.8 Å². The molecule has 102 valence electrons. The van der Waals surface area contributed by atoms with E-state index in [-0.39, 0.29) is 5.97 Å². The van der Waals surface area contributed by atoms with Crippen LogP contribution in [-0.2, 0) is 14.6 Å². The number of carbonyl (C=O) groups excluding carboxylic acids is 1. The zero-order valence-corrected chi connectivity index (χ0v) is 11.7. The predicted molar refractivity (Wildman–Crippen MR) is 69.5 cm³/mol. The maximum absolute atomic E-state index is 11.2. The Bertz CT molecular complexity index is 178. The Morgan fingerprint density at radius 1 is 1.06 bits per heavy atom. The second-order valence-electron chi connectivity index (χ2n) is 4.98. The molecular formula is C14H28O3. The molecule has 0 fully saturated rings. The summed E-state index contributed by atoms with van der Waals surface area (Å²) in [4.78, 5) is 20.7. The summed E-state index contributed by atoms with van der Waals surface area (Å²) in [5.41, 5.74) is 0. The minimum absolute atomic E-state index is 0.231. The van der Waals surface area contributed by atoms with Gasteiger partial charge in [0.15, 0.2) is 0 Å². The van der Waals surface area contributed by atoms with E-state index in [9.17, 15) is 4.79 Å². The molecule has 0 aliphatic rings. The molecule has 0 saturated carbocycles. The van der Waals surface area contributed by atoms with E-state index in [2.05, 4.69) is 25.7 Å². The lowest BCUT2D eigenvalue weighted by Gasteiger charge is -2.04. The van der Waals surface area contributed by atoms with Crippen molar-refractivity contribution in [2.24, 2.45) is 5.92 Å². The van der Waals surface area contributed by atoms with E-state index in [1.807, 2.05) is 0 Å². The van der Waals surface area contributed by atoms with Crippen LogP contribution in [0.1, 0.15) is 72.1 Å². The van der Waals surface area contributed by atoms with Gasteiger partial charge >= 0.3 is 5.97 Å². The molecule has 3 heteroatoms. The van der Waals surface area contributed by atoms with Gasteiger partial charge in [0, 0.05) is 6.42 Å². The Morgan fingerprint density at radius 2 is 1.82 bits per heavy atom. The zero-order valence-electron chi connectivity index (χ0n) is 11.7. The lowest BCUT2D eigenvalue weighted by atomic mass is 10.0. The first-order valence-electron chi connectivity index (χ1n) is 6.99. The van der Waals surface area contributed by atoms with Gasteiger partial charge in [0.25, 0.3) is 0 Å². The van der Waals surface area contributed by atoms with Gasteiger partial charge in [0.05, 0.1) is 6.61 Å². The molecule has 0 aromatic rings. The van der Waals surface area contributed by atoms with E-state index in [4.69, 9.17) is 4.89 Å². The maximum Gasteiger partial charge on any atom is 0.342 e. The van der Waals surface area contributed by atoms with Gasteiger partial charge in [-0.1, -0.05) is 52.9 Å². The summed E-state index contributed by atoms with van der Waals surface area (Å²) in [6, 6.07) is 0. The van der Waals surface area contributed by atoms with Crippen molar-refractivity contribution < 1.29 is 14.6 Å². The van der Waals surface area contributed by atoms with Crippen molar-refractivity contribution in [1.29, 1.82) is 0 Å². The number of hydrogen-bond donors (Lipinski definition) is 0. The summed E-state index contributed by atoms with van der Waals surface area (Å²) in [6.07, 6.45) is 8.14. The van der Waals surface area contributed by atoms with E-state index >= 15 is 0 Å². The fourth-order valence-electron chi connectivity index (χ4n) is 1.56. The number of hydrogen-bond acceptors (Lipinski definition) is 3. The highest BCUT2D eigenvalue weighted by Crippen LogP contribution is 2.09. The van der Waals surface area contributed by atoms with Crippen molar-refractivity contribution in [3.63, 3.8) is 0 Å². The van der Waals surface area contributed by atoms with Gasteiger partial charge in [0.1, 0.15) is 0 Å². The Morgan fingerprint density at radius 3 is 2.47 bits per heavy atom. The molecule has 0 radical (unpaired) electrons. The summed E-state index contributed by atoms with van der Waals surface area (Å²) < 4.78 is 0. The summed E-state index contributed by atoms with van der Waals surface area (Å²) in [7, 11) is 0. The molecule has 0 unspecified atom stereocenters.